The molecular formula is C24H26N2O3. The highest BCUT2D eigenvalue weighted by Crippen LogP contribution is 2.33. The zero-order valence-electron chi connectivity index (χ0n) is 16.8. The van der Waals surface area contributed by atoms with Crippen molar-refractivity contribution in [3.05, 3.63) is 77.5 Å². The molecule has 0 spiro atoms. The van der Waals surface area contributed by atoms with Gasteiger partial charge in [0.25, 0.3) is 0 Å². The average Bonchev–Trinajstić information content (AvgIpc) is 3.20. The summed E-state index contributed by atoms with van der Waals surface area (Å²) in [5.41, 5.74) is 4.07. The number of pyridine rings is 1. The highest BCUT2D eigenvalue weighted by molar-refractivity contribution is 5.58. The van der Waals surface area contributed by atoms with Gasteiger partial charge < -0.3 is 19.5 Å². The van der Waals surface area contributed by atoms with Gasteiger partial charge in [0, 0.05) is 42.5 Å². The molecule has 3 aromatic rings. The van der Waals surface area contributed by atoms with Crippen LogP contribution in [0, 0.1) is 13.8 Å². The van der Waals surface area contributed by atoms with Crippen LogP contribution >= 0.6 is 0 Å². The number of hydrogen-bond acceptors (Lipinski definition) is 5. The zero-order valence-corrected chi connectivity index (χ0v) is 16.8. The maximum Gasteiger partial charge on any atom is 0.213 e. The number of anilines is 1. The number of aliphatic hydroxyl groups is 1. The molecule has 0 radical (unpaired) electrons. The SMILES string of the molecule is Cc1ccc(O[C@H]2CCN(c3cc(Oc4ccccc4C)ccc3CO)C2)nc1. The average molecular weight is 390 g/mol. The fourth-order valence-electron chi connectivity index (χ4n) is 3.57. The van der Waals surface area contributed by atoms with Crippen LogP contribution in [0.1, 0.15) is 23.1 Å². The van der Waals surface area contributed by atoms with Crippen LogP contribution in [0.15, 0.2) is 60.8 Å². The second kappa shape index (κ2) is 8.53. The molecule has 2 aromatic carbocycles. The minimum atomic E-state index is -0.0124. The molecule has 1 N–H and O–H groups in total. The molecule has 2 heterocycles. The number of hydrogen-bond donors (Lipinski definition) is 1. The van der Waals surface area contributed by atoms with Gasteiger partial charge in [0.15, 0.2) is 0 Å². The third kappa shape index (κ3) is 4.51. The molecule has 29 heavy (non-hydrogen) atoms. The Bertz CT molecular complexity index is 972. The van der Waals surface area contributed by atoms with E-state index in [0.717, 1.165) is 53.4 Å². The molecule has 150 valence electrons. The summed E-state index contributed by atoms with van der Waals surface area (Å²) < 4.78 is 12.1. The molecule has 1 atom stereocenters. The first-order valence-electron chi connectivity index (χ1n) is 9.94. The van der Waals surface area contributed by atoms with Crippen LogP contribution < -0.4 is 14.4 Å². The fourth-order valence-corrected chi connectivity index (χ4v) is 3.57. The van der Waals surface area contributed by atoms with Crippen molar-refractivity contribution in [2.75, 3.05) is 18.0 Å². The Morgan fingerprint density at radius 2 is 1.97 bits per heavy atom. The lowest BCUT2D eigenvalue weighted by atomic mass is 10.1. The van der Waals surface area contributed by atoms with Crippen LogP contribution in [0.5, 0.6) is 17.4 Å². The molecule has 5 nitrogen and oxygen atoms in total. The second-order valence-corrected chi connectivity index (χ2v) is 7.46. The van der Waals surface area contributed by atoms with E-state index < -0.39 is 0 Å². The van der Waals surface area contributed by atoms with Crippen molar-refractivity contribution in [2.45, 2.75) is 33.0 Å². The Kier molecular flexibility index (Phi) is 5.67. The lowest BCUT2D eigenvalue weighted by Crippen LogP contribution is -2.25. The van der Waals surface area contributed by atoms with E-state index in [1.807, 2.05) is 74.6 Å². The van der Waals surface area contributed by atoms with Gasteiger partial charge in [-0.05, 0) is 37.1 Å². The van der Waals surface area contributed by atoms with Crippen molar-refractivity contribution in [2.24, 2.45) is 0 Å². The number of ether oxygens (including phenoxy) is 2. The van der Waals surface area contributed by atoms with Crippen LogP contribution in [0.2, 0.25) is 0 Å². The Labute approximate surface area is 171 Å². The lowest BCUT2D eigenvalue weighted by Gasteiger charge is -2.22. The molecule has 1 fully saturated rings. The summed E-state index contributed by atoms with van der Waals surface area (Å²) in [6, 6.07) is 17.7. The molecular weight excluding hydrogens is 364 g/mol. The molecule has 0 saturated carbocycles. The highest BCUT2D eigenvalue weighted by Gasteiger charge is 2.26. The summed E-state index contributed by atoms with van der Waals surface area (Å²) in [4.78, 5) is 6.59. The summed E-state index contributed by atoms with van der Waals surface area (Å²) in [7, 11) is 0. The van der Waals surface area contributed by atoms with Gasteiger partial charge in [-0.15, -0.1) is 0 Å². The highest BCUT2D eigenvalue weighted by atomic mass is 16.5. The predicted octanol–water partition coefficient (Wildman–Crippen LogP) is 4.64. The first-order valence-corrected chi connectivity index (χ1v) is 9.94. The third-order valence-electron chi connectivity index (χ3n) is 5.21. The van der Waals surface area contributed by atoms with Crippen molar-refractivity contribution in [3.8, 4) is 17.4 Å². The van der Waals surface area contributed by atoms with Gasteiger partial charge in [0.1, 0.15) is 17.6 Å². The topological polar surface area (TPSA) is 54.8 Å². The Morgan fingerprint density at radius 1 is 1.10 bits per heavy atom. The summed E-state index contributed by atoms with van der Waals surface area (Å²) in [6.45, 7) is 5.63. The minimum absolute atomic E-state index is 0.0124. The van der Waals surface area contributed by atoms with E-state index >= 15 is 0 Å². The van der Waals surface area contributed by atoms with Gasteiger partial charge in [-0.2, -0.15) is 0 Å². The summed E-state index contributed by atoms with van der Waals surface area (Å²) in [6.07, 6.45) is 2.79. The van der Waals surface area contributed by atoms with Crippen LogP contribution in [0.25, 0.3) is 0 Å². The molecule has 1 aromatic heterocycles. The predicted molar refractivity (Wildman–Crippen MR) is 114 cm³/mol. The van der Waals surface area contributed by atoms with Crippen molar-refractivity contribution < 1.29 is 14.6 Å². The third-order valence-corrected chi connectivity index (χ3v) is 5.21. The van der Waals surface area contributed by atoms with Gasteiger partial charge >= 0.3 is 0 Å². The molecule has 1 saturated heterocycles. The molecule has 4 rings (SSSR count). The van der Waals surface area contributed by atoms with E-state index in [2.05, 4.69) is 9.88 Å². The van der Waals surface area contributed by atoms with Gasteiger partial charge in [-0.1, -0.05) is 30.3 Å². The van der Waals surface area contributed by atoms with E-state index in [9.17, 15) is 5.11 Å². The molecule has 1 aliphatic heterocycles. The number of para-hydroxylation sites is 1. The quantitative estimate of drug-likeness (QED) is 0.664. The maximum atomic E-state index is 9.82. The maximum absolute atomic E-state index is 9.82. The van der Waals surface area contributed by atoms with Crippen LogP contribution in [-0.2, 0) is 6.61 Å². The van der Waals surface area contributed by atoms with Gasteiger partial charge in [0.05, 0.1) is 13.2 Å². The van der Waals surface area contributed by atoms with E-state index in [-0.39, 0.29) is 12.7 Å². The molecule has 0 amide bonds. The van der Waals surface area contributed by atoms with E-state index in [1.54, 1.807) is 0 Å². The van der Waals surface area contributed by atoms with Gasteiger partial charge in [-0.3, -0.25) is 0 Å². The van der Waals surface area contributed by atoms with E-state index in [0.29, 0.717) is 5.88 Å². The summed E-state index contributed by atoms with van der Waals surface area (Å²) in [5, 5.41) is 9.82. The summed E-state index contributed by atoms with van der Waals surface area (Å²) >= 11 is 0. The Morgan fingerprint density at radius 3 is 2.72 bits per heavy atom. The van der Waals surface area contributed by atoms with Gasteiger partial charge in [-0.25, -0.2) is 4.98 Å². The molecule has 0 aliphatic carbocycles. The standard InChI is InChI=1S/C24H26N2O3/c1-17-7-10-24(25-14-17)29-21-11-12-26(15-21)22-13-20(9-8-19(22)16-27)28-23-6-4-3-5-18(23)2/h3-10,13-14,21,27H,11-12,15-16H2,1-2H3/t21-/m0/s1. The Hall–Kier alpha value is -3.05. The molecule has 0 unspecified atom stereocenters. The minimum Gasteiger partial charge on any atom is -0.472 e. The lowest BCUT2D eigenvalue weighted by molar-refractivity contribution is 0.215. The fraction of sp³-hybridized carbons (Fsp3) is 0.292. The number of aromatic nitrogens is 1. The number of benzene rings is 2. The van der Waals surface area contributed by atoms with Crippen molar-refractivity contribution >= 4 is 5.69 Å². The normalized spacial score (nSPS) is 16.1. The van der Waals surface area contributed by atoms with Crippen molar-refractivity contribution in [3.63, 3.8) is 0 Å². The first-order chi connectivity index (χ1) is 14.1. The monoisotopic (exact) mass is 390 g/mol. The van der Waals surface area contributed by atoms with Gasteiger partial charge in [0.2, 0.25) is 5.88 Å². The van der Waals surface area contributed by atoms with Crippen molar-refractivity contribution in [1.29, 1.82) is 0 Å². The smallest absolute Gasteiger partial charge is 0.213 e. The van der Waals surface area contributed by atoms with E-state index in [4.69, 9.17) is 9.47 Å². The first kappa shape index (κ1) is 19.3. The molecule has 5 heteroatoms. The summed E-state index contributed by atoms with van der Waals surface area (Å²) in [5.74, 6) is 2.25. The van der Waals surface area contributed by atoms with Crippen molar-refractivity contribution in [1.82, 2.24) is 4.98 Å². The molecule has 0 bridgehead atoms. The number of nitrogens with zero attached hydrogens (tertiary/aromatic N) is 2. The van der Waals surface area contributed by atoms with E-state index in [1.165, 1.54) is 0 Å². The molecule has 1 aliphatic rings. The number of rotatable bonds is 6. The van der Waals surface area contributed by atoms with Crippen LogP contribution in [-0.4, -0.2) is 29.3 Å². The number of aryl methyl sites for hydroxylation is 2. The second-order valence-electron chi connectivity index (χ2n) is 7.46. The largest absolute Gasteiger partial charge is 0.472 e. The van der Waals surface area contributed by atoms with Crippen LogP contribution in [0.4, 0.5) is 5.69 Å². The van der Waals surface area contributed by atoms with Crippen LogP contribution in [0.3, 0.4) is 0 Å². The number of aliphatic hydroxyl groups excluding tert-OH is 1. The zero-order chi connectivity index (χ0) is 20.2. The Balaban J connectivity index is 1.50.